The third kappa shape index (κ3) is 4.14. The molecule has 3 aromatic rings. The van der Waals surface area contributed by atoms with Gasteiger partial charge in [-0.25, -0.2) is 4.39 Å². The number of halogens is 2. The van der Waals surface area contributed by atoms with Crippen LogP contribution >= 0.6 is 11.6 Å². The summed E-state index contributed by atoms with van der Waals surface area (Å²) in [7, 11) is 0. The lowest BCUT2D eigenvalue weighted by Gasteiger charge is -2.11. The average Bonchev–Trinajstić information content (AvgIpc) is 2.60. The first-order chi connectivity index (χ1) is 12.0. The van der Waals surface area contributed by atoms with Gasteiger partial charge in [-0.2, -0.15) is 0 Å². The van der Waals surface area contributed by atoms with Gasteiger partial charge in [-0.3, -0.25) is 9.78 Å². The molecule has 25 heavy (non-hydrogen) atoms. The zero-order valence-electron chi connectivity index (χ0n) is 13.4. The summed E-state index contributed by atoms with van der Waals surface area (Å²) in [6.07, 6.45) is 1.51. The number of aromatic nitrogens is 1. The van der Waals surface area contributed by atoms with Gasteiger partial charge in [0.15, 0.2) is 0 Å². The number of carbonyl (C=O) groups excluding carboxylic acids is 1. The SMILES string of the molecule is Cc1ccc(Cl)cc1Nc1ccnc(C(=O)Nc2ccccc2F)c1. The van der Waals surface area contributed by atoms with Crippen molar-refractivity contribution in [3.63, 3.8) is 0 Å². The molecule has 2 aromatic carbocycles. The monoisotopic (exact) mass is 355 g/mol. The number of para-hydroxylation sites is 1. The van der Waals surface area contributed by atoms with Crippen molar-refractivity contribution in [2.75, 3.05) is 10.6 Å². The number of nitrogens with one attached hydrogen (secondary N) is 2. The summed E-state index contributed by atoms with van der Waals surface area (Å²) in [6.45, 7) is 1.95. The van der Waals surface area contributed by atoms with E-state index in [2.05, 4.69) is 15.6 Å². The van der Waals surface area contributed by atoms with E-state index in [0.29, 0.717) is 10.7 Å². The fraction of sp³-hybridized carbons (Fsp3) is 0.0526. The van der Waals surface area contributed by atoms with Crippen LogP contribution in [0.25, 0.3) is 0 Å². The number of aryl methyl sites for hydroxylation is 1. The van der Waals surface area contributed by atoms with Crippen molar-refractivity contribution < 1.29 is 9.18 Å². The number of hydrogen-bond acceptors (Lipinski definition) is 3. The summed E-state index contributed by atoms with van der Waals surface area (Å²) in [5.74, 6) is -0.990. The Morgan fingerprint density at radius 3 is 2.68 bits per heavy atom. The van der Waals surface area contributed by atoms with E-state index in [1.54, 1.807) is 30.3 Å². The van der Waals surface area contributed by atoms with Crippen LogP contribution in [0.3, 0.4) is 0 Å². The molecule has 0 aliphatic carbocycles. The Balaban J connectivity index is 1.80. The molecule has 0 aliphatic heterocycles. The number of rotatable bonds is 4. The first-order valence-electron chi connectivity index (χ1n) is 7.58. The van der Waals surface area contributed by atoms with Crippen LogP contribution in [0.15, 0.2) is 60.8 Å². The molecular weight excluding hydrogens is 341 g/mol. The average molecular weight is 356 g/mol. The van der Waals surface area contributed by atoms with Gasteiger partial charge in [-0.15, -0.1) is 0 Å². The molecule has 0 radical (unpaired) electrons. The molecule has 0 saturated carbocycles. The van der Waals surface area contributed by atoms with Crippen molar-refractivity contribution in [1.29, 1.82) is 0 Å². The van der Waals surface area contributed by atoms with E-state index in [9.17, 15) is 9.18 Å². The molecule has 0 unspecified atom stereocenters. The maximum absolute atomic E-state index is 13.7. The first-order valence-corrected chi connectivity index (χ1v) is 7.96. The number of amides is 1. The minimum absolute atomic E-state index is 0.110. The quantitative estimate of drug-likeness (QED) is 0.678. The van der Waals surface area contributed by atoms with Crippen LogP contribution in [0.5, 0.6) is 0 Å². The molecule has 3 rings (SSSR count). The number of carbonyl (C=O) groups is 1. The van der Waals surface area contributed by atoms with Crippen molar-refractivity contribution in [2.24, 2.45) is 0 Å². The standard InChI is InChI=1S/C19H15ClFN3O/c1-12-6-7-13(20)10-17(12)23-14-8-9-22-18(11-14)19(25)24-16-5-3-2-4-15(16)21/h2-11H,1H3,(H,22,23)(H,24,25). The molecule has 1 heterocycles. The van der Waals surface area contributed by atoms with Crippen LogP contribution in [0, 0.1) is 12.7 Å². The molecular formula is C19H15ClFN3O. The second-order valence-corrected chi connectivity index (χ2v) is 5.88. The summed E-state index contributed by atoms with van der Waals surface area (Å²) in [5.41, 5.74) is 2.81. The Labute approximate surface area is 149 Å². The lowest BCUT2D eigenvalue weighted by Crippen LogP contribution is -2.14. The van der Waals surface area contributed by atoms with E-state index in [-0.39, 0.29) is 11.4 Å². The summed E-state index contributed by atoms with van der Waals surface area (Å²) in [6, 6.07) is 14.8. The van der Waals surface area contributed by atoms with Crippen molar-refractivity contribution in [3.05, 3.63) is 82.9 Å². The molecule has 0 spiro atoms. The highest BCUT2D eigenvalue weighted by atomic mass is 35.5. The van der Waals surface area contributed by atoms with Crippen LogP contribution in [-0.4, -0.2) is 10.9 Å². The molecule has 0 saturated heterocycles. The molecule has 126 valence electrons. The second kappa shape index (κ2) is 7.32. The van der Waals surface area contributed by atoms with E-state index in [1.807, 2.05) is 19.1 Å². The number of pyridine rings is 1. The van der Waals surface area contributed by atoms with E-state index >= 15 is 0 Å². The predicted octanol–water partition coefficient (Wildman–Crippen LogP) is 5.18. The van der Waals surface area contributed by atoms with Gasteiger partial charge in [0.25, 0.3) is 5.91 Å². The Hall–Kier alpha value is -2.92. The van der Waals surface area contributed by atoms with Crippen molar-refractivity contribution in [3.8, 4) is 0 Å². The molecule has 4 nitrogen and oxygen atoms in total. The van der Waals surface area contributed by atoms with Crippen LogP contribution < -0.4 is 10.6 Å². The third-order valence-electron chi connectivity index (χ3n) is 3.59. The maximum Gasteiger partial charge on any atom is 0.274 e. The van der Waals surface area contributed by atoms with Gasteiger partial charge in [-0.1, -0.05) is 29.8 Å². The lowest BCUT2D eigenvalue weighted by molar-refractivity contribution is 0.102. The predicted molar refractivity (Wildman–Crippen MR) is 98.1 cm³/mol. The van der Waals surface area contributed by atoms with Gasteiger partial charge in [0, 0.05) is 22.6 Å². The van der Waals surface area contributed by atoms with Gasteiger partial charge >= 0.3 is 0 Å². The topological polar surface area (TPSA) is 54.0 Å². The normalized spacial score (nSPS) is 10.4. The highest BCUT2D eigenvalue weighted by Gasteiger charge is 2.11. The molecule has 6 heteroatoms. The minimum Gasteiger partial charge on any atom is -0.355 e. The van der Waals surface area contributed by atoms with Crippen molar-refractivity contribution in [2.45, 2.75) is 6.92 Å². The number of benzene rings is 2. The number of hydrogen-bond donors (Lipinski definition) is 2. The molecule has 0 fully saturated rings. The van der Waals surface area contributed by atoms with Gasteiger partial charge in [-0.05, 0) is 48.9 Å². The van der Waals surface area contributed by atoms with Crippen molar-refractivity contribution in [1.82, 2.24) is 4.98 Å². The Morgan fingerprint density at radius 1 is 1.08 bits per heavy atom. The van der Waals surface area contributed by atoms with Gasteiger partial charge in [0.2, 0.25) is 0 Å². The van der Waals surface area contributed by atoms with E-state index in [0.717, 1.165) is 11.3 Å². The summed E-state index contributed by atoms with van der Waals surface area (Å²) >= 11 is 6.02. The van der Waals surface area contributed by atoms with Crippen LogP contribution in [-0.2, 0) is 0 Å². The summed E-state index contributed by atoms with van der Waals surface area (Å²) < 4.78 is 13.7. The van der Waals surface area contributed by atoms with Crippen LogP contribution in [0.1, 0.15) is 16.1 Å². The van der Waals surface area contributed by atoms with E-state index in [4.69, 9.17) is 11.6 Å². The largest absolute Gasteiger partial charge is 0.355 e. The molecule has 0 bridgehead atoms. The fourth-order valence-electron chi connectivity index (χ4n) is 2.27. The fourth-order valence-corrected chi connectivity index (χ4v) is 2.44. The second-order valence-electron chi connectivity index (χ2n) is 5.45. The lowest BCUT2D eigenvalue weighted by atomic mass is 10.2. The Morgan fingerprint density at radius 2 is 1.88 bits per heavy atom. The smallest absolute Gasteiger partial charge is 0.274 e. The highest BCUT2D eigenvalue weighted by Crippen LogP contribution is 2.24. The third-order valence-corrected chi connectivity index (χ3v) is 3.83. The van der Waals surface area contributed by atoms with Gasteiger partial charge in [0.1, 0.15) is 11.5 Å². The highest BCUT2D eigenvalue weighted by molar-refractivity contribution is 6.30. The van der Waals surface area contributed by atoms with Gasteiger partial charge in [0.05, 0.1) is 5.69 Å². The Kier molecular flexibility index (Phi) is 4.95. The summed E-state index contributed by atoms with van der Waals surface area (Å²) in [4.78, 5) is 16.3. The number of anilines is 3. The minimum atomic E-state index is -0.500. The summed E-state index contributed by atoms with van der Waals surface area (Å²) in [5, 5.41) is 6.33. The molecule has 0 aliphatic rings. The first kappa shape index (κ1) is 16.9. The van der Waals surface area contributed by atoms with E-state index < -0.39 is 11.7 Å². The maximum atomic E-state index is 13.7. The molecule has 0 atom stereocenters. The zero-order chi connectivity index (χ0) is 17.8. The van der Waals surface area contributed by atoms with Crippen LogP contribution in [0.4, 0.5) is 21.5 Å². The van der Waals surface area contributed by atoms with E-state index in [1.165, 1.54) is 18.3 Å². The molecule has 1 aromatic heterocycles. The van der Waals surface area contributed by atoms with Crippen LogP contribution in [0.2, 0.25) is 5.02 Å². The Bertz CT molecular complexity index is 930. The zero-order valence-corrected chi connectivity index (χ0v) is 14.1. The molecule has 1 amide bonds. The molecule has 2 N–H and O–H groups in total. The van der Waals surface area contributed by atoms with Crippen molar-refractivity contribution >= 4 is 34.6 Å². The van der Waals surface area contributed by atoms with Gasteiger partial charge < -0.3 is 10.6 Å². The number of nitrogens with zero attached hydrogens (tertiary/aromatic N) is 1.